The number of phenolic OH excluding ortho intramolecular Hbond substituents is 8. The Bertz CT molecular complexity index is 4850. The number of unbranched alkanes of at least 4 members (excludes halogenated alkanes) is 1. The molecule has 4 aromatic carbocycles. The molecule has 0 unspecified atom stereocenters. The highest BCUT2D eigenvalue weighted by molar-refractivity contribution is 9.12. The van der Waals surface area contributed by atoms with E-state index in [1.54, 1.807) is 31.4 Å². The van der Waals surface area contributed by atoms with E-state index in [0.717, 1.165) is 49.8 Å². The largest absolute Gasteiger partial charge is 0.545 e. The zero-order valence-electron chi connectivity index (χ0n) is 83.1. The molecule has 0 bridgehead atoms. The maximum Gasteiger partial charge on any atom is 0.458 e. The number of carboxylic acids is 1. The van der Waals surface area contributed by atoms with Crippen LogP contribution in [-0.4, -0.2) is 251 Å². The van der Waals surface area contributed by atoms with E-state index in [0.29, 0.717) is 65.3 Å². The first kappa shape index (κ1) is 136. The van der Waals surface area contributed by atoms with Gasteiger partial charge in [0, 0.05) is 36.8 Å². The summed E-state index contributed by atoms with van der Waals surface area (Å²) < 4.78 is 66.4. The van der Waals surface area contributed by atoms with Crippen LogP contribution in [0.2, 0.25) is 81.9 Å². The number of hydrogen-bond acceptors (Lipinski definition) is 34. The van der Waals surface area contributed by atoms with Gasteiger partial charge in [-0.1, -0.05) is 127 Å². The average molecular weight is 2190 g/mol. The first-order valence-corrected chi connectivity index (χ1v) is 57.3. The molecule has 792 valence electrons. The van der Waals surface area contributed by atoms with Crippen molar-refractivity contribution in [2.75, 3.05) is 76.2 Å². The summed E-state index contributed by atoms with van der Waals surface area (Å²) in [5.41, 5.74) is 11.7. The van der Waals surface area contributed by atoms with Gasteiger partial charge >= 0.3 is 48.9 Å². The SMILES string of the molecule is C.C.C.C=C(/C=C(\OC)O[Si](C)(C)C)O[Si](C)(C)C.C=C(Br)C(=O)OC.CC(C)(C)[Si](C)(C)OC/C=C\C=O.CCCCB1O[C@H](C(N)=O)[C@@H](C(N)=O)O1.COC(=O)/C(Br)=C/C=C\CO[Si](C)(C)C(C)(C)C.COC(=O)c1c(O)cc(O)cc1/C=C\CO.COC(=O)c1c(O)cc(O)cc1[C@H]1C[C@H]1C(=O)O.COC(=O)c1c(O)cc(O)cc1[C@H]1C[C@H]1C(C)=O.COC(=O)c1c(O)cc(O)cc1[C@H]1C[C@H]1CO. The highest BCUT2D eigenvalue weighted by Gasteiger charge is 2.49. The summed E-state index contributed by atoms with van der Waals surface area (Å²) >= 11 is 5.96. The third-order valence-corrected chi connectivity index (χ3v) is 32.5. The Morgan fingerprint density at radius 2 is 0.879 bits per heavy atom. The van der Waals surface area contributed by atoms with E-state index in [1.807, 2.05) is 13.0 Å². The Hall–Kier alpha value is -10.9. The van der Waals surface area contributed by atoms with Crippen molar-refractivity contribution in [1.29, 1.82) is 0 Å². The molecular formula is C97H151BBr2N2O35Si4. The number of benzene rings is 4. The molecule has 44 heteroatoms. The van der Waals surface area contributed by atoms with Crippen LogP contribution in [0.1, 0.15) is 191 Å². The van der Waals surface area contributed by atoms with Gasteiger partial charge in [0.2, 0.25) is 28.4 Å². The summed E-state index contributed by atoms with van der Waals surface area (Å²) in [4.78, 5) is 121. The van der Waals surface area contributed by atoms with Crippen molar-refractivity contribution >= 4 is 144 Å². The van der Waals surface area contributed by atoms with Crippen LogP contribution in [0.25, 0.3) is 6.08 Å². The van der Waals surface area contributed by atoms with E-state index >= 15 is 0 Å². The fourth-order valence-corrected chi connectivity index (χ4v) is 15.6. The zero-order chi connectivity index (χ0) is 107. The molecule has 37 nitrogen and oxygen atoms in total. The number of primary amides is 2. The number of aliphatic carboxylic acids is 1. The van der Waals surface area contributed by atoms with Crippen molar-refractivity contribution < 1.29 is 169 Å². The number of Topliss-reactive ketones (excluding diaryl/α,β-unsaturated/α-hetero) is 1. The van der Waals surface area contributed by atoms with Gasteiger partial charge in [-0.15, -0.1) is 0 Å². The number of aldehydes is 1. The third-order valence-electron chi connectivity index (χ3n) is 20.9. The number of amides is 2. The van der Waals surface area contributed by atoms with E-state index in [1.165, 1.54) is 92.1 Å². The number of phenols is 8. The van der Waals surface area contributed by atoms with Crippen LogP contribution in [0.15, 0.2) is 125 Å². The minimum Gasteiger partial charge on any atom is -0.545 e. The normalized spacial score (nSPS) is 17.0. The molecule has 3 aliphatic carbocycles. The van der Waals surface area contributed by atoms with E-state index < -0.39 is 112 Å². The Labute approximate surface area is 850 Å². The van der Waals surface area contributed by atoms with Gasteiger partial charge in [-0.25, -0.2) is 28.8 Å². The number of ketones is 1. The van der Waals surface area contributed by atoms with Crippen LogP contribution >= 0.6 is 31.9 Å². The second-order valence-corrected chi connectivity index (χ2v) is 56.3. The van der Waals surface area contributed by atoms with E-state index in [4.69, 9.17) is 58.5 Å². The molecule has 0 aromatic heterocycles. The van der Waals surface area contributed by atoms with Crippen LogP contribution in [0.3, 0.4) is 0 Å². The lowest BCUT2D eigenvalue weighted by Crippen LogP contribution is -2.44. The van der Waals surface area contributed by atoms with Gasteiger partial charge in [0.15, 0.2) is 28.8 Å². The molecule has 0 radical (unpaired) electrons. The summed E-state index contributed by atoms with van der Waals surface area (Å²) in [7, 11) is 1.93. The summed E-state index contributed by atoms with van der Waals surface area (Å²) in [5.74, 6) is -8.06. The number of ether oxygens (including phenoxy) is 7. The standard InChI is InChI=1S/C13H23BrO3Si.C13H14O5.C12H12O6.C12H14O5.C11H12O5.C11H24O3Si2.C10H20O2Si.C8H15BN2O4.C4H5BrO2.3CH4/c1-13(2,3)18(5,6)17-10-8-7-9-11(14)12(15)16-4;1-6(14)8-5-9(8)10-3-7(15)4-11(16)12(10)13(17)18-2;1-18-12(17)10-7(2-5(13)3-9(10)14)6-4-8(6)11(15)16;1-17-12(16)11-9(8-2-6(8)5-13)3-7(14)4-10(11)15;1-16-11(15)10-7(3-2-4-12)5-8(13)6-9(10)14;1-10(13-15(3,4)5)9-11(12-2)14-16(6,7)8;1-10(2,3)13(4,5)12-9-7-6-8-11;1-2-3-4-9-14-5(7(10)12)6(15-9)8(11)13;1-3(5)4(6)7-2;;;/h7-9H,10H2,1-6H3;3-4,8-9,15-16H,5H2,1-2H3;2-3,6,8,13-14H,4H2,1H3,(H,15,16);3-4,6,8,13-15H,2,5H2,1H3;2-3,5-6,12-14H,4H2,1H3;9H,1H2,2-8H3;6-8H,9H2,1-5H3;5-6H,2-4H2,1H3,(H2,10,12)(H2,11,13);1H2,2H3;3*1H4/b8-7-,11-9-;;;;3-2-;11-9+;7-6-;;;;;/t;8-,9-;2*6-,8-;;;;5-,6-;;;;/m.010...0..../s1. The first-order chi connectivity index (χ1) is 63.8. The predicted molar refractivity (Wildman–Crippen MR) is 555 cm³/mol. The number of aromatic hydroxyl groups is 8. The Morgan fingerprint density at radius 3 is 1.18 bits per heavy atom. The number of carbonyl (C=O) groups is 11. The fraction of sp³-hybridized carbons (Fsp3) is 0.495. The lowest BCUT2D eigenvalue weighted by atomic mass is 9.83. The quantitative estimate of drug-likeness (QED) is 0.00401. The van der Waals surface area contributed by atoms with Crippen molar-refractivity contribution in [2.24, 2.45) is 29.2 Å². The second kappa shape index (κ2) is 63.9. The van der Waals surface area contributed by atoms with Crippen LogP contribution in [0.4, 0.5) is 0 Å². The third kappa shape index (κ3) is 48.6. The summed E-state index contributed by atoms with van der Waals surface area (Å²) in [5, 5.41) is 103. The molecule has 0 spiro atoms. The van der Waals surface area contributed by atoms with Crippen molar-refractivity contribution in [1.82, 2.24) is 0 Å². The number of aliphatic hydroxyl groups excluding tert-OH is 2. The number of rotatable bonds is 33. The number of esters is 6. The Balaban J connectivity index is -0.000000752. The zero-order valence-corrected chi connectivity index (χ0v) is 90.3. The van der Waals surface area contributed by atoms with Crippen LogP contribution in [0.5, 0.6) is 46.0 Å². The number of methoxy groups -OCH3 is 7. The minimum absolute atomic E-state index is 0. The van der Waals surface area contributed by atoms with E-state index in [-0.39, 0.29) is 159 Å². The predicted octanol–water partition coefficient (Wildman–Crippen LogP) is 17.0. The molecule has 1 saturated heterocycles. The fourth-order valence-electron chi connectivity index (χ4n) is 11.6. The second-order valence-electron chi connectivity index (χ2n) is 36.0. The smallest absolute Gasteiger partial charge is 0.458 e. The Kier molecular flexibility index (Phi) is 61.8. The molecule has 8 atom stereocenters. The van der Waals surface area contributed by atoms with Crippen LogP contribution in [0, 0.1) is 17.8 Å². The van der Waals surface area contributed by atoms with Crippen LogP contribution in [-0.2, 0) is 93.7 Å². The molecule has 15 N–H and O–H groups in total. The summed E-state index contributed by atoms with van der Waals surface area (Å²) in [6.07, 6.45) is 16.0. The molecule has 4 fully saturated rings. The molecule has 4 aliphatic rings. The highest BCUT2D eigenvalue weighted by Crippen LogP contribution is 2.54. The lowest BCUT2D eigenvalue weighted by molar-refractivity contribution is -0.139. The molecular weight excluding hydrogens is 2040 g/mol. The number of hydrogen-bond donors (Lipinski definition) is 13. The number of allylic oxidation sites excluding steroid dienone is 4. The minimum atomic E-state index is -1.69. The molecule has 4 aromatic rings. The van der Waals surface area contributed by atoms with Gasteiger partial charge < -0.3 is 128 Å². The monoisotopic (exact) mass is 2180 g/mol. The van der Waals surface area contributed by atoms with Crippen molar-refractivity contribution in [3.63, 3.8) is 0 Å². The molecule has 1 aliphatic heterocycles. The van der Waals surface area contributed by atoms with E-state index in [9.17, 15) is 93.6 Å². The average Bonchev–Trinajstić information content (AvgIpc) is 1.62. The lowest BCUT2D eigenvalue weighted by Gasteiger charge is -2.35. The van der Waals surface area contributed by atoms with Gasteiger partial charge in [-0.3, -0.25) is 24.0 Å². The maximum absolute atomic E-state index is 11.6. The van der Waals surface area contributed by atoms with Gasteiger partial charge in [-0.05, 0) is 222 Å². The number of halogens is 2. The highest BCUT2D eigenvalue weighted by atomic mass is 79.9. The Morgan fingerprint density at radius 1 is 0.511 bits per heavy atom. The number of aliphatic hydroxyl groups is 2. The molecule has 2 amide bonds. The number of carboxylic acid groups (broad SMARTS) is 1. The molecule has 3 saturated carbocycles. The van der Waals surface area contributed by atoms with Crippen LogP contribution < -0.4 is 11.5 Å². The molecule has 141 heavy (non-hydrogen) atoms. The van der Waals surface area contributed by atoms with Crippen molar-refractivity contribution in [3.05, 3.63) is 169 Å². The number of carbonyl (C=O) groups excluding carboxylic acids is 10. The van der Waals surface area contributed by atoms with Crippen molar-refractivity contribution in [2.45, 2.75) is 222 Å². The topological polar surface area (TPSA) is 582 Å². The van der Waals surface area contributed by atoms with Gasteiger partial charge in [-0.2, -0.15) is 0 Å². The first-order valence-electron chi connectivity index (χ1n) is 43.1. The van der Waals surface area contributed by atoms with Gasteiger partial charge in [0.1, 0.15) is 90.6 Å². The van der Waals surface area contributed by atoms with Gasteiger partial charge in [0.05, 0.1) is 86.1 Å². The molecule has 8 rings (SSSR count). The molecule has 1 heterocycles. The maximum atomic E-state index is 11.6. The number of nitrogens with two attached hydrogens (primary N) is 2. The summed E-state index contributed by atoms with van der Waals surface area (Å²) in [6.45, 7) is 46.2. The summed E-state index contributed by atoms with van der Waals surface area (Å²) in [6, 6.07) is 9.67. The van der Waals surface area contributed by atoms with Gasteiger partial charge in [0.25, 0.3) is 5.95 Å². The van der Waals surface area contributed by atoms with E-state index in [2.05, 4.69) is 180 Å². The van der Waals surface area contributed by atoms with Crippen molar-refractivity contribution in [3.8, 4) is 46.0 Å².